The van der Waals surface area contributed by atoms with Gasteiger partial charge in [-0.15, -0.1) is 0 Å². The zero-order valence-corrected chi connectivity index (χ0v) is 13.1. The van der Waals surface area contributed by atoms with E-state index in [0.717, 1.165) is 30.9 Å². The van der Waals surface area contributed by atoms with Crippen LogP contribution < -0.4 is 10.1 Å². The van der Waals surface area contributed by atoms with Crippen molar-refractivity contribution in [2.45, 2.75) is 38.8 Å². The third-order valence-electron chi connectivity index (χ3n) is 4.19. The number of rotatable bonds is 4. The molecule has 3 heteroatoms. The predicted molar refractivity (Wildman–Crippen MR) is 86.6 cm³/mol. The quantitative estimate of drug-likeness (QED) is 0.893. The monoisotopic (exact) mass is 299 g/mol. The van der Waals surface area contributed by atoms with Gasteiger partial charge in [0.15, 0.2) is 0 Å². The van der Waals surface area contributed by atoms with Crippen LogP contribution in [0.3, 0.4) is 0 Å². The zero-order chi connectivity index (χ0) is 15.5. The van der Waals surface area contributed by atoms with Gasteiger partial charge in [-0.3, -0.25) is 0 Å². The lowest BCUT2D eigenvalue weighted by Crippen LogP contribution is -2.27. The zero-order valence-electron chi connectivity index (χ0n) is 13.1. The first-order valence-corrected chi connectivity index (χ1v) is 7.88. The Morgan fingerprint density at radius 2 is 1.95 bits per heavy atom. The number of fused-ring (bicyclic) bond motifs is 1. The van der Waals surface area contributed by atoms with E-state index in [1.165, 1.54) is 23.3 Å². The molecule has 0 aliphatic carbocycles. The summed E-state index contributed by atoms with van der Waals surface area (Å²) in [5.74, 6) is 1.30. The topological polar surface area (TPSA) is 21.3 Å². The lowest BCUT2D eigenvalue weighted by molar-refractivity contribution is 0.249. The van der Waals surface area contributed by atoms with Gasteiger partial charge in [0.2, 0.25) is 0 Å². The van der Waals surface area contributed by atoms with E-state index in [0.29, 0.717) is 5.92 Å². The van der Waals surface area contributed by atoms with Crippen LogP contribution in [0.4, 0.5) is 4.39 Å². The maximum absolute atomic E-state index is 13.0. The number of para-hydroxylation sites is 1. The summed E-state index contributed by atoms with van der Waals surface area (Å²) in [4.78, 5) is 0. The average Bonchev–Trinajstić information content (AvgIpc) is 2.53. The summed E-state index contributed by atoms with van der Waals surface area (Å²) in [5, 5.41) is 3.58. The molecule has 0 saturated heterocycles. The number of nitrogens with one attached hydrogen (secondary N) is 1. The van der Waals surface area contributed by atoms with Crippen molar-refractivity contribution in [3.8, 4) is 5.75 Å². The second kappa shape index (κ2) is 6.49. The fourth-order valence-corrected chi connectivity index (χ4v) is 2.96. The van der Waals surface area contributed by atoms with Gasteiger partial charge in [-0.05, 0) is 29.2 Å². The number of benzene rings is 2. The van der Waals surface area contributed by atoms with E-state index in [4.69, 9.17) is 4.74 Å². The number of halogens is 1. The van der Waals surface area contributed by atoms with Crippen LogP contribution in [0.2, 0.25) is 0 Å². The largest absolute Gasteiger partial charge is 0.493 e. The van der Waals surface area contributed by atoms with Gasteiger partial charge in [0, 0.05) is 24.6 Å². The van der Waals surface area contributed by atoms with Crippen molar-refractivity contribution in [1.82, 2.24) is 5.32 Å². The Bertz CT molecular complexity index is 636. The van der Waals surface area contributed by atoms with Crippen molar-refractivity contribution >= 4 is 0 Å². The highest BCUT2D eigenvalue weighted by Crippen LogP contribution is 2.38. The molecule has 3 rings (SSSR count). The summed E-state index contributed by atoms with van der Waals surface area (Å²) in [6.45, 7) is 5.84. The van der Waals surface area contributed by atoms with Crippen molar-refractivity contribution in [2.24, 2.45) is 0 Å². The summed E-state index contributed by atoms with van der Waals surface area (Å²) in [6, 6.07) is 13.3. The van der Waals surface area contributed by atoms with E-state index in [1.54, 1.807) is 0 Å². The van der Waals surface area contributed by atoms with Gasteiger partial charge in [0.25, 0.3) is 0 Å². The first-order valence-electron chi connectivity index (χ1n) is 7.88. The third kappa shape index (κ3) is 3.14. The minimum atomic E-state index is -0.193. The van der Waals surface area contributed by atoms with E-state index in [1.807, 2.05) is 12.1 Å². The van der Waals surface area contributed by atoms with E-state index < -0.39 is 0 Å². The summed E-state index contributed by atoms with van der Waals surface area (Å²) in [5.41, 5.74) is 3.60. The van der Waals surface area contributed by atoms with E-state index in [9.17, 15) is 4.39 Å². The molecule has 2 aromatic carbocycles. The van der Waals surface area contributed by atoms with Crippen LogP contribution in [-0.2, 0) is 6.54 Å². The molecule has 22 heavy (non-hydrogen) atoms. The lowest BCUT2D eigenvalue weighted by atomic mass is 9.93. The first kappa shape index (κ1) is 15.0. The van der Waals surface area contributed by atoms with Gasteiger partial charge in [0.1, 0.15) is 11.6 Å². The number of ether oxygens (including phenoxy) is 1. The molecular formula is C19H22FNO. The van der Waals surface area contributed by atoms with Gasteiger partial charge >= 0.3 is 0 Å². The molecule has 2 nitrogen and oxygen atoms in total. The molecule has 0 fully saturated rings. The highest BCUT2D eigenvalue weighted by Gasteiger charge is 2.24. The summed E-state index contributed by atoms with van der Waals surface area (Å²) in [6.07, 6.45) is 0.954. The van der Waals surface area contributed by atoms with E-state index in [2.05, 4.69) is 37.4 Å². The fourth-order valence-electron chi connectivity index (χ4n) is 2.96. The Morgan fingerprint density at radius 1 is 1.18 bits per heavy atom. The fraction of sp³-hybridized carbons (Fsp3) is 0.368. The average molecular weight is 299 g/mol. The van der Waals surface area contributed by atoms with E-state index in [-0.39, 0.29) is 11.9 Å². The van der Waals surface area contributed by atoms with E-state index >= 15 is 0 Å². The molecule has 2 aromatic rings. The molecule has 116 valence electrons. The molecule has 1 unspecified atom stereocenters. The molecular weight excluding hydrogens is 277 g/mol. The summed E-state index contributed by atoms with van der Waals surface area (Å²) >= 11 is 0. The molecule has 0 radical (unpaired) electrons. The van der Waals surface area contributed by atoms with Crippen LogP contribution in [-0.4, -0.2) is 6.61 Å². The Kier molecular flexibility index (Phi) is 4.44. The molecule has 0 amide bonds. The maximum atomic E-state index is 13.0. The molecule has 1 N–H and O–H groups in total. The van der Waals surface area contributed by atoms with Gasteiger partial charge < -0.3 is 10.1 Å². The highest BCUT2D eigenvalue weighted by molar-refractivity contribution is 5.46. The predicted octanol–water partition coefficient (Wildman–Crippen LogP) is 4.56. The number of hydrogen-bond donors (Lipinski definition) is 1. The minimum Gasteiger partial charge on any atom is -0.493 e. The standard InChI is InChI=1S/C19H22FNO/c1-13(2)16-4-3-5-17-18(10-11-22-19(16)17)21-12-14-6-8-15(20)9-7-14/h3-9,13,18,21H,10-12H2,1-2H3. The normalized spacial score (nSPS) is 17.2. The first-order chi connectivity index (χ1) is 10.6. The van der Waals surface area contributed by atoms with Gasteiger partial charge in [-0.25, -0.2) is 4.39 Å². The molecule has 1 heterocycles. The van der Waals surface area contributed by atoms with Crippen LogP contribution in [0, 0.1) is 5.82 Å². The molecule has 0 aromatic heterocycles. The second-order valence-electron chi connectivity index (χ2n) is 6.12. The van der Waals surface area contributed by atoms with Crippen LogP contribution in [0.5, 0.6) is 5.75 Å². The van der Waals surface area contributed by atoms with Crippen LogP contribution in [0.15, 0.2) is 42.5 Å². The SMILES string of the molecule is CC(C)c1cccc2c1OCCC2NCc1ccc(F)cc1. The van der Waals surface area contributed by atoms with Crippen molar-refractivity contribution in [3.63, 3.8) is 0 Å². The van der Waals surface area contributed by atoms with Crippen molar-refractivity contribution in [2.75, 3.05) is 6.61 Å². The van der Waals surface area contributed by atoms with Crippen molar-refractivity contribution in [1.29, 1.82) is 0 Å². The van der Waals surface area contributed by atoms with Crippen LogP contribution >= 0.6 is 0 Å². The molecule has 0 bridgehead atoms. The smallest absolute Gasteiger partial charge is 0.127 e. The van der Waals surface area contributed by atoms with Crippen molar-refractivity contribution in [3.05, 3.63) is 65.0 Å². The molecule has 0 spiro atoms. The van der Waals surface area contributed by atoms with Gasteiger partial charge in [-0.2, -0.15) is 0 Å². The molecule has 1 aliphatic rings. The lowest BCUT2D eigenvalue weighted by Gasteiger charge is -2.29. The summed E-state index contributed by atoms with van der Waals surface area (Å²) in [7, 11) is 0. The molecule has 1 atom stereocenters. The minimum absolute atomic E-state index is 0.193. The Morgan fingerprint density at radius 3 is 2.68 bits per heavy atom. The van der Waals surface area contributed by atoms with Gasteiger partial charge in [-0.1, -0.05) is 44.2 Å². The molecule has 0 saturated carbocycles. The Balaban J connectivity index is 1.77. The Labute approximate surface area is 131 Å². The van der Waals surface area contributed by atoms with Crippen LogP contribution in [0.1, 0.15) is 48.9 Å². The van der Waals surface area contributed by atoms with Gasteiger partial charge in [0.05, 0.1) is 6.61 Å². The Hall–Kier alpha value is -1.87. The van der Waals surface area contributed by atoms with Crippen LogP contribution in [0.25, 0.3) is 0 Å². The molecule has 1 aliphatic heterocycles. The third-order valence-corrected chi connectivity index (χ3v) is 4.19. The summed E-state index contributed by atoms with van der Waals surface area (Å²) < 4.78 is 18.9. The van der Waals surface area contributed by atoms with Crippen molar-refractivity contribution < 1.29 is 9.13 Å². The number of hydrogen-bond acceptors (Lipinski definition) is 2. The maximum Gasteiger partial charge on any atom is 0.127 e. The second-order valence-corrected chi connectivity index (χ2v) is 6.12. The highest BCUT2D eigenvalue weighted by atomic mass is 19.1.